The maximum Gasteiger partial charge on any atom is 0.337 e. The molecule has 0 radical (unpaired) electrons. The van der Waals surface area contributed by atoms with Crippen LogP contribution in [0.25, 0.3) is 0 Å². The first-order valence-corrected chi connectivity index (χ1v) is 8.55. The smallest absolute Gasteiger partial charge is 0.337 e. The van der Waals surface area contributed by atoms with Crippen LogP contribution in [0.1, 0.15) is 47.3 Å². The van der Waals surface area contributed by atoms with E-state index in [4.69, 9.17) is 14.0 Å². The van der Waals surface area contributed by atoms with Gasteiger partial charge in [0.05, 0.1) is 12.7 Å². The van der Waals surface area contributed by atoms with Gasteiger partial charge in [0.2, 0.25) is 11.7 Å². The molecule has 1 saturated carbocycles. The van der Waals surface area contributed by atoms with E-state index in [0.29, 0.717) is 28.5 Å². The summed E-state index contributed by atoms with van der Waals surface area (Å²) in [6.45, 7) is 2.34. The molecule has 1 aromatic heterocycles. The van der Waals surface area contributed by atoms with Gasteiger partial charge in [-0.1, -0.05) is 11.2 Å². The molecule has 4 rings (SSSR count). The van der Waals surface area contributed by atoms with E-state index in [1.54, 1.807) is 24.3 Å². The molecule has 1 saturated heterocycles. The Hall–Kier alpha value is -2.41. The molecule has 1 spiro atoms. The molecule has 2 aliphatic rings. The van der Waals surface area contributed by atoms with Crippen molar-refractivity contribution >= 4 is 5.97 Å². The number of hydrogen-bond acceptors (Lipinski definition) is 7. The minimum atomic E-state index is -0.395. The lowest BCUT2D eigenvalue weighted by molar-refractivity contribution is 0.0600. The molecule has 1 aromatic carbocycles. The van der Waals surface area contributed by atoms with Gasteiger partial charge in [-0.15, -0.1) is 0 Å². The minimum absolute atomic E-state index is 0.204. The topological polar surface area (TPSA) is 86.5 Å². The number of nitrogens with zero attached hydrogens (tertiary/aromatic N) is 2. The zero-order valence-electron chi connectivity index (χ0n) is 14.2. The fourth-order valence-corrected chi connectivity index (χ4v) is 3.62. The standard InChI is InChI=1S/C18H21N3O4/c1-23-17(22)12-3-2-4-13(9-12)24-11-15-20-16(25-21-15)14-10-18(14)5-7-19-8-6-18/h2-4,9,14,19H,5-8,10-11H2,1H3. The Labute approximate surface area is 145 Å². The summed E-state index contributed by atoms with van der Waals surface area (Å²) in [6.07, 6.45) is 3.48. The second-order valence-corrected chi connectivity index (χ2v) is 6.73. The maximum atomic E-state index is 11.6. The van der Waals surface area contributed by atoms with E-state index in [-0.39, 0.29) is 6.61 Å². The molecule has 2 heterocycles. The van der Waals surface area contributed by atoms with Gasteiger partial charge in [-0.05, 0) is 56.0 Å². The largest absolute Gasteiger partial charge is 0.485 e. The first-order chi connectivity index (χ1) is 12.2. The highest BCUT2D eigenvalue weighted by Crippen LogP contribution is 2.63. The Morgan fingerprint density at radius 3 is 3.04 bits per heavy atom. The molecule has 7 heteroatoms. The second kappa shape index (κ2) is 6.48. The molecule has 25 heavy (non-hydrogen) atoms. The number of nitrogens with one attached hydrogen (secondary N) is 1. The van der Waals surface area contributed by atoms with Crippen molar-refractivity contribution in [3.05, 3.63) is 41.5 Å². The summed E-state index contributed by atoms with van der Waals surface area (Å²) in [4.78, 5) is 16.0. The molecule has 1 aliphatic carbocycles. The molecular weight excluding hydrogens is 322 g/mol. The maximum absolute atomic E-state index is 11.6. The number of carbonyl (C=O) groups excluding carboxylic acids is 1. The van der Waals surface area contributed by atoms with Crippen LogP contribution in [0, 0.1) is 5.41 Å². The fourth-order valence-electron chi connectivity index (χ4n) is 3.62. The predicted molar refractivity (Wildman–Crippen MR) is 88.3 cm³/mol. The van der Waals surface area contributed by atoms with E-state index in [1.165, 1.54) is 20.0 Å². The van der Waals surface area contributed by atoms with Crippen LogP contribution in [-0.4, -0.2) is 36.3 Å². The molecule has 7 nitrogen and oxygen atoms in total. The lowest BCUT2D eigenvalue weighted by Crippen LogP contribution is -2.29. The van der Waals surface area contributed by atoms with E-state index < -0.39 is 5.97 Å². The van der Waals surface area contributed by atoms with E-state index in [9.17, 15) is 4.79 Å². The summed E-state index contributed by atoms with van der Waals surface area (Å²) >= 11 is 0. The zero-order valence-corrected chi connectivity index (χ0v) is 14.2. The van der Waals surface area contributed by atoms with E-state index in [1.807, 2.05) is 0 Å². The first kappa shape index (κ1) is 16.1. The molecule has 0 bridgehead atoms. The van der Waals surface area contributed by atoms with Gasteiger partial charge in [0.1, 0.15) is 5.75 Å². The summed E-state index contributed by atoms with van der Waals surface area (Å²) in [6, 6.07) is 6.83. The lowest BCUT2D eigenvalue weighted by Gasteiger charge is -2.22. The van der Waals surface area contributed by atoms with Gasteiger partial charge < -0.3 is 19.3 Å². The number of esters is 1. The summed E-state index contributed by atoms with van der Waals surface area (Å²) in [5, 5.41) is 7.42. The van der Waals surface area contributed by atoms with Crippen molar-refractivity contribution in [1.29, 1.82) is 0 Å². The van der Waals surface area contributed by atoms with Crippen molar-refractivity contribution in [2.45, 2.75) is 31.8 Å². The van der Waals surface area contributed by atoms with Crippen molar-refractivity contribution in [3.8, 4) is 5.75 Å². The summed E-state index contributed by atoms with van der Waals surface area (Å²) in [5.41, 5.74) is 0.810. The average Bonchev–Trinajstić information content (AvgIpc) is 3.13. The van der Waals surface area contributed by atoms with Crippen molar-refractivity contribution in [3.63, 3.8) is 0 Å². The van der Waals surface area contributed by atoms with Gasteiger partial charge in [-0.3, -0.25) is 0 Å². The number of carbonyl (C=O) groups is 1. The van der Waals surface area contributed by atoms with Crippen LogP contribution in [0.4, 0.5) is 0 Å². The van der Waals surface area contributed by atoms with Gasteiger partial charge in [0, 0.05) is 5.92 Å². The average molecular weight is 343 g/mol. The fraction of sp³-hybridized carbons (Fsp3) is 0.500. The Morgan fingerprint density at radius 1 is 1.40 bits per heavy atom. The van der Waals surface area contributed by atoms with Gasteiger partial charge in [0.25, 0.3) is 0 Å². The number of piperidine rings is 1. The molecule has 1 aliphatic heterocycles. The van der Waals surface area contributed by atoms with Crippen LogP contribution in [0.3, 0.4) is 0 Å². The molecule has 1 atom stereocenters. The Morgan fingerprint density at radius 2 is 2.24 bits per heavy atom. The quantitative estimate of drug-likeness (QED) is 0.834. The molecular formula is C18H21N3O4. The third-order valence-corrected chi connectivity index (χ3v) is 5.19. The molecule has 1 unspecified atom stereocenters. The second-order valence-electron chi connectivity index (χ2n) is 6.73. The zero-order chi connectivity index (χ0) is 17.3. The monoisotopic (exact) mass is 343 g/mol. The van der Waals surface area contributed by atoms with Crippen LogP contribution in [-0.2, 0) is 11.3 Å². The SMILES string of the molecule is COC(=O)c1cccc(OCc2noc(C3CC34CCNCC4)n2)c1. The molecule has 132 valence electrons. The number of benzene rings is 1. The third kappa shape index (κ3) is 3.24. The van der Waals surface area contributed by atoms with Gasteiger partial charge >= 0.3 is 5.97 Å². The van der Waals surface area contributed by atoms with Crippen LogP contribution < -0.4 is 10.1 Å². The van der Waals surface area contributed by atoms with Crippen molar-refractivity contribution < 1.29 is 18.8 Å². The molecule has 2 aromatic rings. The van der Waals surface area contributed by atoms with Crippen LogP contribution in [0.5, 0.6) is 5.75 Å². The third-order valence-electron chi connectivity index (χ3n) is 5.19. The number of methoxy groups -OCH3 is 1. The van der Waals surface area contributed by atoms with Gasteiger partial charge in [-0.2, -0.15) is 4.98 Å². The number of rotatable bonds is 5. The van der Waals surface area contributed by atoms with E-state index in [0.717, 1.165) is 25.4 Å². The highest BCUT2D eigenvalue weighted by molar-refractivity contribution is 5.89. The molecule has 2 fully saturated rings. The summed E-state index contributed by atoms with van der Waals surface area (Å²) < 4.78 is 15.8. The number of aromatic nitrogens is 2. The van der Waals surface area contributed by atoms with Crippen LogP contribution in [0.15, 0.2) is 28.8 Å². The predicted octanol–water partition coefficient (Wildman–Crippen LogP) is 2.29. The lowest BCUT2D eigenvalue weighted by atomic mass is 9.92. The highest BCUT2D eigenvalue weighted by atomic mass is 16.5. The molecule has 0 amide bonds. The number of hydrogen-bond donors (Lipinski definition) is 1. The summed E-state index contributed by atoms with van der Waals surface area (Å²) in [7, 11) is 1.35. The van der Waals surface area contributed by atoms with Gasteiger partial charge in [-0.25, -0.2) is 4.79 Å². The van der Waals surface area contributed by atoms with Crippen LogP contribution >= 0.6 is 0 Å². The minimum Gasteiger partial charge on any atom is -0.485 e. The van der Waals surface area contributed by atoms with Crippen molar-refractivity contribution in [1.82, 2.24) is 15.5 Å². The Bertz CT molecular complexity index is 767. The first-order valence-electron chi connectivity index (χ1n) is 8.55. The number of ether oxygens (including phenoxy) is 2. The van der Waals surface area contributed by atoms with Crippen LogP contribution in [0.2, 0.25) is 0 Å². The Kier molecular flexibility index (Phi) is 4.17. The summed E-state index contributed by atoms with van der Waals surface area (Å²) in [5.74, 6) is 1.81. The van der Waals surface area contributed by atoms with Crippen molar-refractivity contribution in [2.75, 3.05) is 20.2 Å². The van der Waals surface area contributed by atoms with E-state index in [2.05, 4.69) is 15.5 Å². The normalized spacial score (nSPS) is 21.1. The van der Waals surface area contributed by atoms with E-state index >= 15 is 0 Å². The Balaban J connectivity index is 1.37. The highest BCUT2D eigenvalue weighted by Gasteiger charge is 2.57. The van der Waals surface area contributed by atoms with Crippen molar-refractivity contribution in [2.24, 2.45) is 5.41 Å². The van der Waals surface area contributed by atoms with Gasteiger partial charge in [0.15, 0.2) is 6.61 Å². The molecule has 1 N–H and O–H groups in total.